The van der Waals surface area contributed by atoms with Crippen LogP contribution in [0.3, 0.4) is 0 Å². The maximum atomic E-state index is 10.9. The van der Waals surface area contributed by atoms with Crippen molar-refractivity contribution >= 4 is 33.3 Å². The molecule has 0 amide bonds. The van der Waals surface area contributed by atoms with Crippen molar-refractivity contribution in [3.05, 3.63) is 52.3 Å². The molecule has 0 fully saturated rings. The predicted octanol–water partition coefficient (Wildman–Crippen LogP) is 3.15. The molecule has 1 aromatic heterocycles. The molecular weight excluding hydrogens is 334 g/mol. The quantitative estimate of drug-likeness (QED) is 0.810. The van der Waals surface area contributed by atoms with Crippen LogP contribution in [0.1, 0.15) is 22.8 Å². The second-order valence-corrected chi connectivity index (χ2v) is 5.52. The second-order valence-electron chi connectivity index (χ2n) is 4.60. The number of aromatic carboxylic acids is 1. The maximum Gasteiger partial charge on any atom is 0.335 e. The summed E-state index contributed by atoms with van der Waals surface area (Å²) in [5, 5.41) is 8.98. The Morgan fingerprint density at radius 3 is 2.71 bits per heavy atom. The van der Waals surface area contributed by atoms with Gasteiger partial charge in [0, 0.05) is 30.0 Å². The summed E-state index contributed by atoms with van der Waals surface area (Å²) in [5.74, 6) is -0.979. The molecule has 21 heavy (non-hydrogen) atoms. The SMILES string of the molecule is CCN(Cc1cncc(Br)c1)c1ccc(C(=O)O)cc1N. The average Bonchev–Trinajstić information content (AvgIpc) is 2.45. The van der Waals surface area contributed by atoms with Crippen LogP contribution in [0.15, 0.2) is 41.1 Å². The lowest BCUT2D eigenvalue weighted by atomic mass is 10.1. The van der Waals surface area contributed by atoms with Crippen LogP contribution in [-0.2, 0) is 6.54 Å². The summed E-state index contributed by atoms with van der Waals surface area (Å²) >= 11 is 3.40. The zero-order valence-electron chi connectivity index (χ0n) is 11.6. The van der Waals surface area contributed by atoms with E-state index in [0.717, 1.165) is 22.3 Å². The Morgan fingerprint density at radius 2 is 2.14 bits per heavy atom. The Labute approximate surface area is 131 Å². The molecule has 1 heterocycles. The summed E-state index contributed by atoms with van der Waals surface area (Å²) < 4.78 is 0.922. The van der Waals surface area contributed by atoms with Gasteiger partial charge in [-0.1, -0.05) is 0 Å². The standard InChI is InChI=1S/C15H16BrN3O2/c1-2-19(9-10-5-12(16)8-18-7-10)14-4-3-11(15(20)21)6-13(14)17/h3-8H,2,9,17H2,1H3,(H,20,21). The van der Waals surface area contributed by atoms with Gasteiger partial charge in [0.15, 0.2) is 0 Å². The molecule has 1 aromatic carbocycles. The highest BCUT2D eigenvalue weighted by Gasteiger charge is 2.12. The molecule has 0 radical (unpaired) electrons. The third-order valence-electron chi connectivity index (χ3n) is 3.13. The number of carboxylic acid groups (broad SMARTS) is 1. The highest BCUT2D eigenvalue weighted by Crippen LogP contribution is 2.26. The third-order valence-corrected chi connectivity index (χ3v) is 3.57. The van der Waals surface area contributed by atoms with E-state index < -0.39 is 5.97 Å². The molecule has 3 N–H and O–H groups in total. The first-order chi connectivity index (χ1) is 10.0. The molecule has 0 aliphatic heterocycles. The van der Waals surface area contributed by atoms with Crippen LogP contribution >= 0.6 is 15.9 Å². The van der Waals surface area contributed by atoms with E-state index in [2.05, 4.69) is 25.8 Å². The average molecular weight is 350 g/mol. The number of aromatic nitrogens is 1. The van der Waals surface area contributed by atoms with Gasteiger partial charge in [0.05, 0.1) is 16.9 Å². The number of pyridine rings is 1. The van der Waals surface area contributed by atoms with Gasteiger partial charge >= 0.3 is 5.97 Å². The monoisotopic (exact) mass is 349 g/mol. The minimum Gasteiger partial charge on any atom is -0.478 e. The van der Waals surface area contributed by atoms with E-state index in [1.165, 1.54) is 6.07 Å². The van der Waals surface area contributed by atoms with Crippen molar-refractivity contribution in [3.63, 3.8) is 0 Å². The number of anilines is 2. The normalized spacial score (nSPS) is 10.4. The Balaban J connectivity index is 2.27. The summed E-state index contributed by atoms with van der Waals surface area (Å²) in [6.07, 6.45) is 3.53. The summed E-state index contributed by atoms with van der Waals surface area (Å²) in [5.41, 5.74) is 8.51. The van der Waals surface area contributed by atoms with Crippen LogP contribution in [-0.4, -0.2) is 22.6 Å². The van der Waals surface area contributed by atoms with Crippen LogP contribution in [0.2, 0.25) is 0 Å². The Kier molecular flexibility index (Phi) is 4.80. The van der Waals surface area contributed by atoms with Crippen molar-refractivity contribution in [3.8, 4) is 0 Å². The van der Waals surface area contributed by atoms with E-state index in [-0.39, 0.29) is 5.56 Å². The molecule has 0 bridgehead atoms. The van der Waals surface area contributed by atoms with Gasteiger partial charge < -0.3 is 15.7 Å². The minimum atomic E-state index is -0.979. The van der Waals surface area contributed by atoms with Gasteiger partial charge in [-0.3, -0.25) is 4.98 Å². The lowest BCUT2D eigenvalue weighted by Crippen LogP contribution is -2.23. The largest absolute Gasteiger partial charge is 0.478 e. The number of nitrogens with two attached hydrogens (primary N) is 1. The topological polar surface area (TPSA) is 79.5 Å². The molecular formula is C15H16BrN3O2. The number of halogens is 1. The molecule has 5 nitrogen and oxygen atoms in total. The molecule has 0 unspecified atom stereocenters. The smallest absolute Gasteiger partial charge is 0.335 e. The molecule has 2 rings (SSSR count). The van der Waals surface area contributed by atoms with Gasteiger partial charge in [0.2, 0.25) is 0 Å². The van der Waals surface area contributed by atoms with Crippen molar-refractivity contribution in [2.24, 2.45) is 0 Å². The van der Waals surface area contributed by atoms with Crippen LogP contribution in [0.4, 0.5) is 11.4 Å². The number of rotatable bonds is 5. The fourth-order valence-electron chi connectivity index (χ4n) is 2.11. The summed E-state index contributed by atoms with van der Waals surface area (Å²) in [7, 11) is 0. The molecule has 0 atom stereocenters. The van der Waals surface area contributed by atoms with E-state index in [1.807, 2.05) is 13.0 Å². The van der Waals surface area contributed by atoms with E-state index in [4.69, 9.17) is 10.8 Å². The van der Waals surface area contributed by atoms with Gasteiger partial charge in [-0.05, 0) is 52.7 Å². The zero-order valence-corrected chi connectivity index (χ0v) is 13.2. The van der Waals surface area contributed by atoms with Crippen LogP contribution in [0.25, 0.3) is 0 Å². The molecule has 0 aliphatic carbocycles. The molecule has 110 valence electrons. The predicted molar refractivity (Wildman–Crippen MR) is 86.5 cm³/mol. The summed E-state index contributed by atoms with van der Waals surface area (Å²) in [6.45, 7) is 3.43. The van der Waals surface area contributed by atoms with Gasteiger partial charge in [-0.2, -0.15) is 0 Å². The number of hydrogen-bond acceptors (Lipinski definition) is 4. The van der Waals surface area contributed by atoms with Crippen molar-refractivity contribution in [2.45, 2.75) is 13.5 Å². The first kappa shape index (κ1) is 15.3. The van der Waals surface area contributed by atoms with Crippen molar-refractivity contribution in [1.29, 1.82) is 0 Å². The third kappa shape index (κ3) is 3.72. The Morgan fingerprint density at radius 1 is 1.38 bits per heavy atom. The van der Waals surface area contributed by atoms with Crippen LogP contribution in [0, 0.1) is 0 Å². The number of hydrogen-bond donors (Lipinski definition) is 2. The Hall–Kier alpha value is -2.08. The van der Waals surface area contributed by atoms with Gasteiger partial charge in [-0.25, -0.2) is 4.79 Å². The van der Waals surface area contributed by atoms with E-state index >= 15 is 0 Å². The molecule has 2 aromatic rings. The van der Waals surface area contributed by atoms with E-state index in [1.54, 1.807) is 24.5 Å². The highest BCUT2D eigenvalue weighted by atomic mass is 79.9. The lowest BCUT2D eigenvalue weighted by molar-refractivity contribution is 0.0697. The first-order valence-corrected chi connectivity index (χ1v) is 7.27. The fraction of sp³-hybridized carbons (Fsp3) is 0.200. The highest BCUT2D eigenvalue weighted by molar-refractivity contribution is 9.10. The molecule has 0 saturated heterocycles. The molecule has 0 spiro atoms. The summed E-state index contributed by atoms with van der Waals surface area (Å²) in [6, 6.07) is 6.79. The fourth-order valence-corrected chi connectivity index (χ4v) is 2.52. The number of carboxylic acids is 1. The molecule has 0 saturated carbocycles. The van der Waals surface area contributed by atoms with Crippen LogP contribution in [0.5, 0.6) is 0 Å². The number of nitrogen functional groups attached to an aromatic ring is 1. The van der Waals surface area contributed by atoms with Crippen molar-refractivity contribution in [1.82, 2.24) is 4.98 Å². The lowest BCUT2D eigenvalue weighted by Gasteiger charge is -2.25. The maximum absolute atomic E-state index is 10.9. The van der Waals surface area contributed by atoms with Crippen molar-refractivity contribution in [2.75, 3.05) is 17.2 Å². The molecule has 6 heteroatoms. The van der Waals surface area contributed by atoms with E-state index in [0.29, 0.717) is 12.2 Å². The zero-order chi connectivity index (χ0) is 15.4. The number of nitrogens with zero attached hydrogens (tertiary/aromatic N) is 2. The number of benzene rings is 1. The van der Waals surface area contributed by atoms with E-state index in [9.17, 15) is 4.79 Å². The second kappa shape index (κ2) is 6.58. The Bertz CT molecular complexity index is 661. The van der Waals surface area contributed by atoms with Gasteiger partial charge in [0.25, 0.3) is 0 Å². The first-order valence-electron chi connectivity index (χ1n) is 6.48. The van der Waals surface area contributed by atoms with Crippen LogP contribution < -0.4 is 10.6 Å². The minimum absolute atomic E-state index is 0.191. The number of carbonyl (C=O) groups is 1. The summed E-state index contributed by atoms with van der Waals surface area (Å²) in [4.78, 5) is 17.2. The van der Waals surface area contributed by atoms with Crippen molar-refractivity contribution < 1.29 is 9.90 Å². The van der Waals surface area contributed by atoms with Gasteiger partial charge in [0.1, 0.15) is 0 Å². The molecule has 0 aliphatic rings. The van der Waals surface area contributed by atoms with Gasteiger partial charge in [-0.15, -0.1) is 0 Å².